The van der Waals surface area contributed by atoms with Crippen molar-refractivity contribution in [3.8, 4) is 17.7 Å². The van der Waals surface area contributed by atoms with E-state index < -0.39 is 0 Å². The number of amides is 1. The third-order valence-electron chi connectivity index (χ3n) is 6.92. The predicted octanol–water partition coefficient (Wildman–Crippen LogP) is 2.45. The van der Waals surface area contributed by atoms with Crippen LogP contribution in [0.5, 0.6) is 5.88 Å². The number of ether oxygens (including phenoxy) is 2. The molecule has 1 saturated heterocycles. The number of aromatic nitrogens is 2. The summed E-state index contributed by atoms with van der Waals surface area (Å²) in [6.45, 7) is 7.67. The summed E-state index contributed by atoms with van der Waals surface area (Å²) < 4.78 is 11.9. The number of rotatable bonds is 6. The van der Waals surface area contributed by atoms with Gasteiger partial charge in [-0.05, 0) is 56.9 Å². The lowest BCUT2D eigenvalue weighted by Crippen LogP contribution is -2.50. The SMILES string of the molecule is C[C@H](CO)N1C[C@H](C)[C@H](CN(C)CC2CCOCC2)Oc2ncc(C#Cc3ccccn3)cc2C1=O. The van der Waals surface area contributed by atoms with Gasteiger partial charge in [-0.3, -0.25) is 4.79 Å². The second-order valence-corrected chi connectivity index (χ2v) is 9.94. The smallest absolute Gasteiger partial charge is 0.259 e. The van der Waals surface area contributed by atoms with Crippen LogP contribution in [-0.4, -0.2) is 89.4 Å². The number of hydrogen-bond acceptors (Lipinski definition) is 7. The highest BCUT2D eigenvalue weighted by atomic mass is 16.5. The van der Waals surface area contributed by atoms with Crippen LogP contribution in [-0.2, 0) is 4.74 Å². The highest BCUT2D eigenvalue weighted by molar-refractivity contribution is 5.97. The first-order chi connectivity index (χ1) is 17.4. The molecule has 0 spiro atoms. The standard InChI is InChI=1S/C28H36N4O4/c1-20-16-32(21(2)19-33)28(34)25-14-23(7-8-24-6-4-5-11-29-24)15-30-27(25)36-26(20)18-31(3)17-22-9-12-35-13-10-22/h4-6,11,14-15,20-22,26,33H,9-10,12-13,16-19H2,1-3H3/t20-,21+,26-/m0/s1. The maximum absolute atomic E-state index is 13.6. The Bertz CT molecular complexity index is 1080. The topological polar surface area (TPSA) is 88.0 Å². The zero-order valence-electron chi connectivity index (χ0n) is 21.4. The van der Waals surface area contributed by atoms with Gasteiger partial charge in [-0.1, -0.05) is 18.9 Å². The van der Waals surface area contributed by atoms with E-state index in [9.17, 15) is 9.90 Å². The van der Waals surface area contributed by atoms with E-state index in [1.54, 1.807) is 23.4 Å². The fraction of sp³-hybridized carbons (Fsp3) is 0.536. The van der Waals surface area contributed by atoms with Gasteiger partial charge in [0.25, 0.3) is 5.91 Å². The molecule has 0 saturated carbocycles. The Balaban J connectivity index is 1.59. The summed E-state index contributed by atoms with van der Waals surface area (Å²) in [5.41, 5.74) is 1.62. The fourth-order valence-corrected chi connectivity index (χ4v) is 4.71. The molecule has 2 aliphatic heterocycles. The highest BCUT2D eigenvalue weighted by Gasteiger charge is 2.34. The number of pyridine rings is 2. The van der Waals surface area contributed by atoms with Crippen molar-refractivity contribution in [2.75, 3.05) is 46.5 Å². The molecule has 36 heavy (non-hydrogen) atoms. The van der Waals surface area contributed by atoms with Crippen molar-refractivity contribution in [2.24, 2.45) is 11.8 Å². The number of nitrogens with zero attached hydrogens (tertiary/aromatic N) is 4. The summed E-state index contributed by atoms with van der Waals surface area (Å²) in [6.07, 6.45) is 5.32. The van der Waals surface area contributed by atoms with Gasteiger partial charge in [0, 0.05) is 56.7 Å². The van der Waals surface area contributed by atoms with E-state index in [1.165, 1.54) is 0 Å². The fourth-order valence-electron chi connectivity index (χ4n) is 4.71. The number of aliphatic hydroxyl groups is 1. The minimum Gasteiger partial charge on any atom is -0.472 e. The van der Waals surface area contributed by atoms with Crippen molar-refractivity contribution in [3.63, 3.8) is 0 Å². The number of carbonyl (C=O) groups is 1. The maximum atomic E-state index is 13.6. The summed E-state index contributed by atoms with van der Waals surface area (Å²) in [4.78, 5) is 26.4. The van der Waals surface area contributed by atoms with Crippen LogP contribution in [0.2, 0.25) is 0 Å². The number of aliphatic hydroxyl groups excluding tert-OH is 1. The van der Waals surface area contributed by atoms with Crippen molar-refractivity contribution in [3.05, 3.63) is 53.5 Å². The van der Waals surface area contributed by atoms with E-state index >= 15 is 0 Å². The summed E-state index contributed by atoms with van der Waals surface area (Å²) >= 11 is 0. The molecule has 0 radical (unpaired) electrons. The zero-order valence-corrected chi connectivity index (χ0v) is 21.4. The summed E-state index contributed by atoms with van der Waals surface area (Å²) in [5.74, 6) is 6.85. The first-order valence-corrected chi connectivity index (χ1v) is 12.7. The second kappa shape index (κ2) is 12.3. The Morgan fingerprint density at radius 1 is 1.22 bits per heavy atom. The van der Waals surface area contributed by atoms with E-state index in [4.69, 9.17) is 9.47 Å². The monoisotopic (exact) mass is 492 g/mol. The van der Waals surface area contributed by atoms with Gasteiger partial charge in [0.2, 0.25) is 5.88 Å². The quantitative estimate of drug-likeness (QED) is 0.620. The number of likely N-dealkylation sites (N-methyl/N-ethyl adjacent to an activating group) is 1. The van der Waals surface area contributed by atoms with Crippen LogP contribution in [0.25, 0.3) is 0 Å². The molecule has 1 fully saturated rings. The number of hydrogen-bond donors (Lipinski definition) is 1. The molecule has 0 aliphatic carbocycles. The third-order valence-corrected chi connectivity index (χ3v) is 6.92. The van der Waals surface area contributed by atoms with Crippen LogP contribution in [0.4, 0.5) is 0 Å². The molecule has 2 aromatic heterocycles. The molecule has 2 aliphatic rings. The van der Waals surface area contributed by atoms with Gasteiger partial charge < -0.3 is 24.4 Å². The average molecular weight is 493 g/mol. The lowest BCUT2D eigenvalue weighted by atomic mass is 9.97. The molecular formula is C28H36N4O4. The molecule has 0 aromatic carbocycles. The first-order valence-electron chi connectivity index (χ1n) is 12.7. The minimum atomic E-state index is -0.324. The van der Waals surface area contributed by atoms with Gasteiger partial charge >= 0.3 is 0 Å². The molecule has 2 aromatic rings. The molecular weight excluding hydrogens is 456 g/mol. The van der Waals surface area contributed by atoms with E-state index in [-0.39, 0.29) is 30.6 Å². The van der Waals surface area contributed by atoms with Gasteiger partial charge in [0.1, 0.15) is 17.4 Å². The summed E-state index contributed by atoms with van der Waals surface area (Å²) in [7, 11) is 2.12. The van der Waals surface area contributed by atoms with Crippen LogP contribution >= 0.6 is 0 Å². The van der Waals surface area contributed by atoms with Gasteiger partial charge in [0.15, 0.2) is 0 Å². The van der Waals surface area contributed by atoms with Gasteiger partial charge in [-0.2, -0.15) is 0 Å². The van der Waals surface area contributed by atoms with Crippen molar-refractivity contribution in [2.45, 2.75) is 38.8 Å². The first kappa shape index (κ1) is 26.1. The van der Waals surface area contributed by atoms with E-state index in [0.717, 1.165) is 39.1 Å². The molecule has 1 N–H and O–H groups in total. The Labute approximate surface area is 213 Å². The molecule has 192 valence electrons. The normalized spacial score (nSPS) is 21.6. The van der Waals surface area contributed by atoms with Crippen molar-refractivity contribution >= 4 is 5.91 Å². The molecule has 3 atom stereocenters. The highest BCUT2D eigenvalue weighted by Crippen LogP contribution is 2.27. The number of fused-ring (bicyclic) bond motifs is 1. The Morgan fingerprint density at radius 2 is 2.03 bits per heavy atom. The number of carbonyl (C=O) groups excluding carboxylic acids is 1. The summed E-state index contributed by atoms with van der Waals surface area (Å²) in [6, 6.07) is 6.95. The lowest BCUT2D eigenvalue weighted by molar-refractivity contribution is 0.0254. The lowest BCUT2D eigenvalue weighted by Gasteiger charge is -2.38. The minimum absolute atomic E-state index is 0.0543. The van der Waals surface area contributed by atoms with Gasteiger partial charge in [-0.15, -0.1) is 0 Å². The van der Waals surface area contributed by atoms with E-state index in [0.29, 0.717) is 35.2 Å². The second-order valence-electron chi connectivity index (χ2n) is 9.94. The van der Waals surface area contributed by atoms with Crippen molar-refractivity contribution in [1.82, 2.24) is 19.8 Å². The molecule has 0 bridgehead atoms. The molecule has 0 unspecified atom stereocenters. The Hall–Kier alpha value is -2.99. The molecule has 4 heterocycles. The third kappa shape index (κ3) is 6.61. The van der Waals surface area contributed by atoms with Crippen molar-refractivity contribution in [1.29, 1.82) is 0 Å². The zero-order chi connectivity index (χ0) is 25.5. The van der Waals surface area contributed by atoms with Gasteiger partial charge in [0.05, 0.1) is 12.6 Å². The van der Waals surface area contributed by atoms with E-state index in [1.807, 2.05) is 25.1 Å². The molecule has 4 rings (SSSR count). The maximum Gasteiger partial charge on any atom is 0.259 e. The van der Waals surface area contributed by atoms with Crippen LogP contribution in [0.3, 0.4) is 0 Å². The molecule has 1 amide bonds. The Morgan fingerprint density at radius 3 is 2.75 bits per heavy atom. The van der Waals surface area contributed by atoms with Crippen LogP contribution < -0.4 is 4.74 Å². The molecule has 8 nitrogen and oxygen atoms in total. The van der Waals surface area contributed by atoms with Crippen LogP contribution in [0, 0.1) is 23.7 Å². The predicted molar refractivity (Wildman–Crippen MR) is 137 cm³/mol. The van der Waals surface area contributed by atoms with Crippen molar-refractivity contribution < 1.29 is 19.4 Å². The Kier molecular flexibility index (Phi) is 8.92. The molecule has 8 heteroatoms. The van der Waals surface area contributed by atoms with E-state index in [2.05, 4.69) is 40.7 Å². The average Bonchev–Trinajstić information content (AvgIpc) is 2.90. The van der Waals surface area contributed by atoms with Crippen LogP contribution in [0.15, 0.2) is 36.7 Å². The largest absolute Gasteiger partial charge is 0.472 e. The summed E-state index contributed by atoms with van der Waals surface area (Å²) in [5, 5.41) is 9.87. The van der Waals surface area contributed by atoms with Gasteiger partial charge in [-0.25, -0.2) is 9.97 Å². The van der Waals surface area contributed by atoms with Crippen LogP contribution in [0.1, 0.15) is 48.3 Å².